The van der Waals surface area contributed by atoms with Crippen LogP contribution in [-0.2, 0) is 14.4 Å². The lowest BCUT2D eigenvalue weighted by atomic mass is 9.93. The molecule has 0 unspecified atom stereocenters. The Morgan fingerprint density at radius 3 is 2.11 bits per heavy atom. The second kappa shape index (κ2) is 8.41. The van der Waals surface area contributed by atoms with Crippen molar-refractivity contribution in [1.82, 2.24) is 15.5 Å². The molecule has 0 spiro atoms. The van der Waals surface area contributed by atoms with E-state index in [2.05, 4.69) is 16.0 Å². The zero-order valence-corrected chi connectivity index (χ0v) is 17.1. The van der Waals surface area contributed by atoms with Gasteiger partial charge in [0, 0.05) is 5.69 Å². The Bertz CT molecular complexity index is 791. The standard InChI is InChI=1S/C20H28N4O4/c1-6-20(7-2)18(27)24(19(28)23-20)11-16(26)21-10-15(25)22-17-13(4)8-12(3)9-14(17)5/h8-9H,6-7,10-11H2,1-5H3,(H,21,26)(H,22,25)(H,23,28). The van der Waals surface area contributed by atoms with E-state index >= 15 is 0 Å². The molecule has 2 rings (SSSR count). The molecule has 3 N–H and O–H groups in total. The van der Waals surface area contributed by atoms with Crippen molar-refractivity contribution in [2.75, 3.05) is 18.4 Å². The predicted octanol–water partition coefficient (Wildman–Crippen LogP) is 1.78. The molecule has 0 radical (unpaired) electrons. The summed E-state index contributed by atoms with van der Waals surface area (Å²) in [5.41, 5.74) is 2.74. The van der Waals surface area contributed by atoms with Crippen LogP contribution in [0.1, 0.15) is 43.4 Å². The van der Waals surface area contributed by atoms with Crippen molar-refractivity contribution < 1.29 is 19.2 Å². The maximum Gasteiger partial charge on any atom is 0.325 e. The Balaban J connectivity index is 1.92. The van der Waals surface area contributed by atoms with E-state index in [0.717, 1.165) is 27.3 Å². The van der Waals surface area contributed by atoms with E-state index in [9.17, 15) is 19.2 Å². The molecule has 1 saturated heterocycles. The van der Waals surface area contributed by atoms with Gasteiger partial charge in [-0.05, 0) is 44.7 Å². The van der Waals surface area contributed by atoms with Crippen LogP contribution in [0, 0.1) is 20.8 Å². The lowest BCUT2D eigenvalue weighted by Crippen LogP contribution is -2.47. The van der Waals surface area contributed by atoms with Crippen LogP contribution in [0.3, 0.4) is 0 Å². The Kier molecular flexibility index (Phi) is 6.43. The first kappa shape index (κ1) is 21.4. The molecule has 1 aliphatic rings. The number of carbonyl (C=O) groups is 4. The molecular weight excluding hydrogens is 360 g/mol. The molecule has 28 heavy (non-hydrogen) atoms. The number of nitrogens with one attached hydrogen (secondary N) is 3. The second-order valence-electron chi connectivity index (χ2n) is 7.21. The van der Waals surface area contributed by atoms with E-state index < -0.39 is 29.9 Å². The Morgan fingerprint density at radius 1 is 1.04 bits per heavy atom. The summed E-state index contributed by atoms with van der Waals surface area (Å²) in [6.45, 7) is 8.74. The minimum Gasteiger partial charge on any atom is -0.345 e. The van der Waals surface area contributed by atoms with Gasteiger partial charge in [0.05, 0.1) is 6.54 Å². The van der Waals surface area contributed by atoms with Gasteiger partial charge in [0.1, 0.15) is 12.1 Å². The van der Waals surface area contributed by atoms with Crippen LogP contribution in [-0.4, -0.2) is 47.3 Å². The molecule has 8 nitrogen and oxygen atoms in total. The largest absolute Gasteiger partial charge is 0.345 e. The number of benzene rings is 1. The fourth-order valence-electron chi connectivity index (χ4n) is 3.49. The summed E-state index contributed by atoms with van der Waals surface area (Å²) >= 11 is 0. The predicted molar refractivity (Wildman–Crippen MR) is 106 cm³/mol. The maximum atomic E-state index is 12.5. The molecule has 1 heterocycles. The maximum absolute atomic E-state index is 12.5. The average Bonchev–Trinajstić information content (AvgIpc) is 2.87. The highest BCUT2D eigenvalue weighted by molar-refractivity contribution is 6.09. The van der Waals surface area contributed by atoms with E-state index in [1.807, 2.05) is 46.8 Å². The third-order valence-electron chi connectivity index (χ3n) is 5.14. The van der Waals surface area contributed by atoms with Crippen molar-refractivity contribution >= 4 is 29.4 Å². The van der Waals surface area contributed by atoms with Crippen LogP contribution in [0.5, 0.6) is 0 Å². The van der Waals surface area contributed by atoms with Crippen molar-refractivity contribution in [2.45, 2.75) is 53.0 Å². The summed E-state index contributed by atoms with van der Waals surface area (Å²) in [4.78, 5) is 49.8. The lowest BCUT2D eigenvalue weighted by Gasteiger charge is -2.23. The summed E-state index contributed by atoms with van der Waals surface area (Å²) in [6, 6.07) is 3.35. The number of rotatable bonds is 7. The average molecular weight is 388 g/mol. The number of hydrogen-bond acceptors (Lipinski definition) is 4. The van der Waals surface area contributed by atoms with Crippen LogP contribution in [0.4, 0.5) is 10.5 Å². The Hall–Kier alpha value is -2.90. The summed E-state index contributed by atoms with van der Waals surface area (Å²) in [5, 5.41) is 7.91. The minimum absolute atomic E-state index is 0.248. The van der Waals surface area contributed by atoms with Crippen molar-refractivity contribution in [3.05, 3.63) is 28.8 Å². The molecular formula is C20H28N4O4. The van der Waals surface area contributed by atoms with Gasteiger partial charge in [-0.3, -0.25) is 19.3 Å². The summed E-state index contributed by atoms with van der Waals surface area (Å²) in [6.07, 6.45) is 0.897. The highest BCUT2D eigenvalue weighted by Crippen LogP contribution is 2.24. The Morgan fingerprint density at radius 2 is 1.61 bits per heavy atom. The molecule has 0 atom stereocenters. The second-order valence-corrected chi connectivity index (χ2v) is 7.21. The van der Waals surface area contributed by atoms with Gasteiger partial charge < -0.3 is 16.0 Å². The summed E-state index contributed by atoms with van der Waals surface area (Å²) < 4.78 is 0. The van der Waals surface area contributed by atoms with Crippen molar-refractivity contribution in [3.8, 4) is 0 Å². The smallest absolute Gasteiger partial charge is 0.325 e. The minimum atomic E-state index is -0.949. The first-order valence-corrected chi connectivity index (χ1v) is 9.42. The first-order chi connectivity index (χ1) is 13.1. The van der Waals surface area contributed by atoms with E-state index in [4.69, 9.17) is 0 Å². The van der Waals surface area contributed by atoms with Crippen LogP contribution in [0.2, 0.25) is 0 Å². The number of aryl methyl sites for hydroxylation is 3. The summed E-state index contributed by atoms with van der Waals surface area (Å²) in [7, 11) is 0. The van der Waals surface area contributed by atoms with Gasteiger partial charge in [-0.15, -0.1) is 0 Å². The monoisotopic (exact) mass is 388 g/mol. The fourth-order valence-corrected chi connectivity index (χ4v) is 3.49. The zero-order chi connectivity index (χ0) is 21.1. The van der Waals surface area contributed by atoms with Gasteiger partial charge in [0.25, 0.3) is 5.91 Å². The highest BCUT2D eigenvalue weighted by atomic mass is 16.2. The van der Waals surface area contributed by atoms with Gasteiger partial charge in [-0.1, -0.05) is 31.5 Å². The number of carbonyl (C=O) groups excluding carboxylic acids is 4. The molecule has 1 aromatic carbocycles. The normalized spacial score (nSPS) is 15.4. The number of hydrogen-bond donors (Lipinski definition) is 3. The molecule has 1 aliphatic heterocycles. The third-order valence-corrected chi connectivity index (χ3v) is 5.14. The molecule has 0 saturated carbocycles. The van der Waals surface area contributed by atoms with Crippen LogP contribution in [0.25, 0.3) is 0 Å². The number of anilines is 1. The Labute approximate surface area is 165 Å². The summed E-state index contributed by atoms with van der Waals surface area (Å²) in [5.74, 6) is -1.36. The molecule has 5 amide bonds. The molecule has 8 heteroatoms. The van der Waals surface area contributed by atoms with E-state index in [-0.39, 0.29) is 12.5 Å². The lowest BCUT2D eigenvalue weighted by molar-refractivity contribution is -0.135. The molecule has 0 aromatic heterocycles. The molecule has 1 fully saturated rings. The van der Waals surface area contributed by atoms with E-state index in [0.29, 0.717) is 12.8 Å². The van der Waals surface area contributed by atoms with E-state index in [1.54, 1.807) is 0 Å². The van der Waals surface area contributed by atoms with Gasteiger partial charge in [0.2, 0.25) is 11.8 Å². The van der Waals surface area contributed by atoms with Crippen LogP contribution >= 0.6 is 0 Å². The van der Waals surface area contributed by atoms with E-state index in [1.165, 1.54) is 0 Å². The molecule has 0 aliphatic carbocycles. The quantitative estimate of drug-likeness (QED) is 0.619. The fraction of sp³-hybridized carbons (Fsp3) is 0.500. The topological polar surface area (TPSA) is 108 Å². The van der Waals surface area contributed by atoms with Crippen molar-refractivity contribution in [1.29, 1.82) is 0 Å². The van der Waals surface area contributed by atoms with Crippen molar-refractivity contribution in [3.63, 3.8) is 0 Å². The number of nitrogens with zero attached hydrogens (tertiary/aromatic N) is 1. The van der Waals surface area contributed by atoms with Gasteiger partial charge in [0.15, 0.2) is 0 Å². The molecule has 152 valence electrons. The first-order valence-electron chi connectivity index (χ1n) is 9.42. The van der Waals surface area contributed by atoms with Gasteiger partial charge >= 0.3 is 6.03 Å². The van der Waals surface area contributed by atoms with Gasteiger partial charge in [-0.25, -0.2) is 4.79 Å². The number of urea groups is 1. The number of amides is 5. The zero-order valence-electron chi connectivity index (χ0n) is 17.1. The molecule has 1 aromatic rings. The molecule has 0 bridgehead atoms. The van der Waals surface area contributed by atoms with Gasteiger partial charge in [-0.2, -0.15) is 0 Å². The number of imide groups is 1. The van der Waals surface area contributed by atoms with Crippen molar-refractivity contribution in [2.24, 2.45) is 0 Å². The third kappa shape index (κ3) is 4.32. The van der Waals surface area contributed by atoms with Crippen LogP contribution in [0.15, 0.2) is 12.1 Å². The SMILES string of the molecule is CCC1(CC)NC(=O)N(CC(=O)NCC(=O)Nc2c(C)cc(C)cc2C)C1=O. The highest BCUT2D eigenvalue weighted by Gasteiger charge is 2.49. The van der Waals surface area contributed by atoms with Crippen LogP contribution < -0.4 is 16.0 Å².